The predicted octanol–water partition coefficient (Wildman–Crippen LogP) is 0.502. The smallest absolute Gasteiger partial charge is 0.292 e. The summed E-state index contributed by atoms with van der Waals surface area (Å²) < 4.78 is 5.14. The average Bonchev–Trinajstić information content (AvgIpc) is 2.96. The third-order valence-electron chi connectivity index (χ3n) is 3.93. The highest BCUT2D eigenvalue weighted by molar-refractivity contribution is 5.89. The molecule has 3 heterocycles. The molecule has 98 valence electrons. The number of fused-ring (bicyclic) bond motifs is 2. The summed E-state index contributed by atoms with van der Waals surface area (Å²) in [5.74, 6) is 1.02. The number of aromatic nitrogens is 2. The van der Waals surface area contributed by atoms with E-state index in [9.17, 15) is 4.79 Å². The number of nitrogens with one attached hydrogen (secondary N) is 2. The van der Waals surface area contributed by atoms with Gasteiger partial charge in [0.1, 0.15) is 0 Å². The molecule has 2 saturated heterocycles. The average molecular weight is 250 g/mol. The van der Waals surface area contributed by atoms with Gasteiger partial charge in [-0.3, -0.25) is 4.79 Å². The zero-order valence-corrected chi connectivity index (χ0v) is 10.5. The Kier molecular flexibility index (Phi) is 3.03. The molecule has 0 saturated carbocycles. The van der Waals surface area contributed by atoms with Crippen LogP contribution in [0.5, 0.6) is 0 Å². The van der Waals surface area contributed by atoms with Crippen molar-refractivity contribution in [2.45, 2.75) is 44.2 Å². The second-order valence-electron chi connectivity index (χ2n) is 5.27. The lowest BCUT2D eigenvalue weighted by atomic mass is 9.90. The minimum atomic E-state index is -0.296. The van der Waals surface area contributed by atoms with Gasteiger partial charge in [0.25, 0.3) is 11.7 Å². The van der Waals surface area contributed by atoms with Gasteiger partial charge in [-0.1, -0.05) is 5.16 Å². The fourth-order valence-corrected chi connectivity index (χ4v) is 3.13. The molecule has 2 fully saturated rings. The molecule has 2 bridgehead atoms. The number of carbonyl (C=O) groups is 1. The maximum atomic E-state index is 11.3. The molecule has 18 heavy (non-hydrogen) atoms. The van der Waals surface area contributed by atoms with E-state index in [1.165, 1.54) is 25.7 Å². The zero-order valence-electron chi connectivity index (χ0n) is 10.5. The molecule has 6 heteroatoms. The van der Waals surface area contributed by atoms with E-state index in [1.807, 2.05) is 0 Å². The van der Waals surface area contributed by atoms with Crippen molar-refractivity contribution in [2.24, 2.45) is 5.92 Å². The minimum absolute atomic E-state index is 0.129. The summed E-state index contributed by atoms with van der Waals surface area (Å²) >= 11 is 0. The summed E-state index contributed by atoms with van der Waals surface area (Å²) in [7, 11) is 1.56. The van der Waals surface area contributed by atoms with E-state index in [0.29, 0.717) is 23.9 Å². The number of rotatable bonds is 3. The Hall–Kier alpha value is -1.43. The van der Waals surface area contributed by atoms with E-state index in [-0.39, 0.29) is 11.7 Å². The Balaban J connectivity index is 1.62. The first-order chi connectivity index (χ1) is 8.74. The minimum Gasteiger partial charge on any atom is -0.352 e. The van der Waals surface area contributed by atoms with Gasteiger partial charge >= 0.3 is 0 Å². The normalized spacial score (nSPS) is 30.4. The Labute approximate surface area is 106 Å². The summed E-state index contributed by atoms with van der Waals surface area (Å²) in [6.45, 7) is 0. The first kappa shape index (κ1) is 11.6. The van der Waals surface area contributed by atoms with Gasteiger partial charge in [-0.05, 0) is 31.6 Å². The number of nitrogens with zero attached hydrogens (tertiary/aromatic N) is 2. The molecule has 2 atom stereocenters. The molecule has 2 aliphatic heterocycles. The van der Waals surface area contributed by atoms with Crippen LogP contribution in [-0.4, -0.2) is 35.2 Å². The van der Waals surface area contributed by atoms with Crippen LogP contribution in [0.2, 0.25) is 0 Å². The van der Waals surface area contributed by atoms with Crippen molar-refractivity contribution in [3.05, 3.63) is 11.7 Å². The summed E-state index contributed by atoms with van der Waals surface area (Å²) in [5, 5.41) is 9.79. The molecule has 0 radical (unpaired) electrons. The predicted molar refractivity (Wildman–Crippen MR) is 64.1 cm³/mol. The standard InChI is InChI=1S/C12H18N4O2/c1-13-12(17)11-15-10(18-16-11)6-7-4-8-2-3-9(5-7)14-8/h7-9,14H,2-6H2,1H3,(H,13,17). The van der Waals surface area contributed by atoms with Crippen LogP contribution in [0, 0.1) is 5.92 Å². The zero-order chi connectivity index (χ0) is 12.5. The summed E-state index contributed by atoms with van der Waals surface area (Å²) in [6.07, 6.45) is 5.71. The van der Waals surface area contributed by atoms with Gasteiger partial charge in [-0.2, -0.15) is 4.98 Å². The fourth-order valence-electron chi connectivity index (χ4n) is 3.13. The van der Waals surface area contributed by atoms with Crippen molar-refractivity contribution >= 4 is 5.91 Å². The second-order valence-corrected chi connectivity index (χ2v) is 5.27. The van der Waals surface area contributed by atoms with Crippen molar-refractivity contribution < 1.29 is 9.32 Å². The van der Waals surface area contributed by atoms with Gasteiger partial charge in [0.05, 0.1) is 0 Å². The van der Waals surface area contributed by atoms with Crippen LogP contribution in [0.3, 0.4) is 0 Å². The van der Waals surface area contributed by atoms with Gasteiger partial charge < -0.3 is 15.2 Å². The number of piperidine rings is 1. The molecule has 3 rings (SSSR count). The van der Waals surface area contributed by atoms with Crippen LogP contribution in [0.1, 0.15) is 42.2 Å². The van der Waals surface area contributed by atoms with Gasteiger partial charge in [0, 0.05) is 25.6 Å². The third kappa shape index (κ3) is 2.25. The second kappa shape index (κ2) is 4.68. The lowest BCUT2D eigenvalue weighted by Gasteiger charge is -2.27. The Morgan fingerprint density at radius 3 is 2.83 bits per heavy atom. The first-order valence-corrected chi connectivity index (χ1v) is 6.55. The summed E-state index contributed by atoms with van der Waals surface area (Å²) in [4.78, 5) is 15.5. The van der Waals surface area contributed by atoms with Gasteiger partial charge in [-0.25, -0.2) is 0 Å². The van der Waals surface area contributed by atoms with Crippen LogP contribution in [-0.2, 0) is 6.42 Å². The molecular formula is C12H18N4O2. The molecule has 1 aromatic rings. The van der Waals surface area contributed by atoms with Gasteiger partial charge in [-0.15, -0.1) is 0 Å². The van der Waals surface area contributed by atoms with E-state index in [2.05, 4.69) is 20.8 Å². The van der Waals surface area contributed by atoms with Crippen molar-refractivity contribution in [1.29, 1.82) is 0 Å². The number of carbonyl (C=O) groups excluding carboxylic acids is 1. The molecule has 0 aromatic carbocycles. The highest BCUT2D eigenvalue weighted by atomic mass is 16.5. The third-order valence-corrected chi connectivity index (χ3v) is 3.93. The maximum Gasteiger partial charge on any atom is 0.292 e. The van der Waals surface area contributed by atoms with Crippen LogP contribution < -0.4 is 10.6 Å². The number of hydrogen-bond acceptors (Lipinski definition) is 5. The van der Waals surface area contributed by atoms with Gasteiger partial charge in [0.2, 0.25) is 5.89 Å². The van der Waals surface area contributed by atoms with E-state index in [0.717, 1.165) is 6.42 Å². The van der Waals surface area contributed by atoms with Crippen LogP contribution in [0.15, 0.2) is 4.52 Å². The van der Waals surface area contributed by atoms with E-state index >= 15 is 0 Å². The quantitative estimate of drug-likeness (QED) is 0.816. The van der Waals surface area contributed by atoms with Crippen LogP contribution in [0.4, 0.5) is 0 Å². The Morgan fingerprint density at radius 2 is 2.17 bits per heavy atom. The van der Waals surface area contributed by atoms with E-state index < -0.39 is 0 Å². The molecule has 6 nitrogen and oxygen atoms in total. The Bertz CT molecular complexity index is 433. The van der Waals surface area contributed by atoms with Crippen molar-refractivity contribution in [1.82, 2.24) is 20.8 Å². The van der Waals surface area contributed by atoms with E-state index in [1.54, 1.807) is 7.05 Å². The first-order valence-electron chi connectivity index (χ1n) is 6.55. The van der Waals surface area contributed by atoms with Crippen molar-refractivity contribution in [3.8, 4) is 0 Å². The summed E-state index contributed by atoms with van der Waals surface area (Å²) in [5.41, 5.74) is 0. The highest BCUT2D eigenvalue weighted by Crippen LogP contribution is 2.32. The summed E-state index contributed by atoms with van der Waals surface area (Å²) in [6, 6.07) is 1.32. The molecule has 0 aliphatic carbocycles. The fraction of sp³-hybridized carbons (Fsp3) is 0.750. The molecule has 2 aliphatic rings. The largest absolute Gasteiger partial charge is 0.352 e. The lowest BCUT2D eigenvalue weighted by molar-refractivity contribution is 0.0950. The van der Waals surface area contributed by atoms with Gasteiger partial charge in [0.15, 0.2) is 0 Å². The molecular weight excluding hydrogens is 232 g/mol. The lowest BCUT2D eigenvalue weighted by Crippen LogP contribution is -2.38. The molecule has 2 unspecified atom stereocenters. The molecule has 1 aromatic heterocycles. The molecule has 2 N–H and O–H groups in total. The van der Waals surface area contributed by atoms with Crippen molar-refractivity contribution in [2.75, 3.05) is 7.05 Å². The van der Waals surface area contributed by atoms with Crippen molar-refractivity contribution in [3.63, 3.8) is 0 Å². The highest BCUT2D eigenvalue weighted by Gasteiger charge is 2.34. The molecule has 0 spiro atoms. The Morgan fingerprint density at radius 1 is 1.44 bits per heavy atom. The number of amides is 1. The van der Waals surface area contributed by atoms with Crippen LogP contribution in [0.25, 0.3) is 0 Å². The topological polar surface area (TPSA) is 80.0 Å². The van der Waals surface area contributed by atoms with E-state index in [4.69, 9.17) is 4.52 Å². The molecule has 1 amide bonds. The monoisotopic (exact) mass is 250 g/mol. The van der Waals surface area contributed by atoms with Crippen LogP contribution >= 0.6 is 0 Å². The SMILES string of the molecule is CNC(=O)c1noc(CC2CC3CCC(C2)N3)n1. The maximum absolute atomic E-state index is 11.3. The number of hydrogen-bond donors (Lipinski definition) is 2.